The number of hydrogen-bond acceptors (Lipinski definition) is 5. The van der Waals surface area contributed by atoms with E-state index in [2.05, 4.69) is 31.2 Å². The highest BCUT2D eigenvalue weighted by molar-refractivity contribution is 9.10. The van der Waals surface area contributed by atoms with Crippen LogP contribution in [0, 0.1) is 0 Å². The summed E-state index contributed by atoms with van der Waals surface area (Å²) in [4.78, 5) is 7.82. The largest absolute Gasteiger partial charge is 0.495 e. The Morgan fingerprint density at radius 2 is 2.17 bits per heavy atom. The highest BCUT2D eigenvalue weighted by Crippen LogP contribution is 2.31. The van der Waals surface area contributed by atoms with Crippen molar-refractivity contribution in [3.05, 3.63) is 34.0 Å². The van der Waals surface area contributed by atoms with Gasteiger partial charge in [0.25, 0.3) is 0 Å². The van der Waals surface area contributed by atoms with Crippen LogP contribution in [0.1, 0.15) is 0 Å². The lowest BCUT2D eigenvalue weighted by atomic mass is 10.3. The first-order valence-corrected chi connectivity index (χ1v) is 6.15. The highest BCUT2D eigenvalue weighted by Gasteiger charge is 2.08. The van der Waals surface area contributed by atoms with E-state index in [1.807, 2.05) is 18.2 Å². The van der Waals surface area contributed by atoms with Gasteiger partial charge < -0.3 is 15.8 Å². The van der Waals surface area contributed by atoms with E-state index in [1.165, 1.54) is 6.33 Å². The number of anilines is 3. The van der Waals surface area contributed by atoms with Crippen molar-refractivity contribution < 1.29 is 4.74 Å². The minimum Gasteiger partial charge on any atom is -0.495 e. The summed E-state index contributed by atoms with van der Waals surface area (Å²) in [6, 6.07) is 5.54. The highest BCUT2D eigenvalue weighted by atomic mass is 79.9. The molecule has 2 rings (SSSR count). The summed E-state index contributed by atoms with van der Waals surface area (Å²) in [5.74, 6) is 1.39. The number of nitrogens with one attached hydrogen (secondary N) is 1. The predicted molar refractivity (Wildman–Crippen MR) is 75.4 cm³/mol. The third kappa shape index (κ3) is 2.65. The number of methoxy groups -OCH3 is 1. The van der Waals surface area contributed by atoms with Crippen molar-refractivity contribution in [3.8, 4) is 5.75 Å². The molecule has 0 saturated heterocycles. The van der Waals surface area contributed by atoms with Crippen LogP contribution in [0.3, 0.4) is 0 Å². The van der Waals surface area contributed by atoms with E-state index in [9.17, 15) is 0 Å². The SMILES string of the molecule is COc1cc(Nc2ncnc(N)c2Cl)ccc1Br. The van der Waals surface area contributed by atoms with Gasteiger partial charge >= 0.3 is 0 Å². The molecule has 1 aromatic carbocycles. The fraction of sp³-hybridized carbons (Fsp3) is 0.0909. The molecule has 0 atom stereocenters. The second-order valence-corrected chi connectivity index (χ2v) is 4.63. The second-order valence-electron chi connectivity index (χ2n) is 3.40. The Morgan fingerprint density at radius 3 is 2.89 bits per heavy atom. The van der Waals surface area contributed by atoms with Gasteiger partial charge in [-0.25, -0.2) is 9.97 Å². The molecule has 0 aliphatic rings. The normalized spacial score (nSPS) is 10.2. The minimum absolute atomic E-state index is 0.234. The number of halogens is 2. The van der Waals surface area contributed by atoms with Gasteiger partial charge in [-0.05, 0) is 28.1 Å². The Hall–Kier alpha value is -1.53. The quantitative estimate of drug-likeness (QED) is 0.904. The van der Waals surface area contributed by atoms with Gasteiger partial charge in [-0.2, -0.15) is 0 Å². The molecule has 0 aliphatic carbocycles. The maximum Gasteiger partial charge on any atom is 0.154 e. The van der Waals surface area contributed by atoms with Crippen LogP contribution >= 0.6 is 27.5 Å². The molecular weight excluding hydrogens is 320 g/mol. The van der Waals surface area contributed by atoms with E-state index >= 15 is 0 Å². The molecule has 5 nitrogen and oxygen atoms in total. The van der Waals surface area contributed by atoms with Crippen molar-refractivity contribution in [2.75, 3.05) is 18.2 Å². The number of ether oxygens (including phenoxy) is 1. The Bertz CT molecular complexity index is 579. The molecule has 0 saturated carbocycles. The molecule has 0 aliphatic heterocycles. The van der Waals surface area contributed by atoms with Crippen molar-refractivity contribution in [3.63, 3.8) is 0 Å². The average Bonchev–Trinajstić information content (AvgIpc) is 2.37. The lowest BCUT2D eigenvalue weighted by Crippen LogP contribution is -1.99. The Kier molecular flexibility index (Phi) is 3.88. The maximum atomic E-state index is 6.00. The van der Waals surface area contributed by atoms with Crippen LogP contribution < -0.4 is 15.8 Å². The van der Waals surface area contributed by atoms with Gasteiger partial charge in [0.1, 0.15) is 22.9 Å². The molecule has 0 fully saturated rings. The summed E-state index contributed by atoms with van der Waals surface area (Å²) in [7, 11) is 1.60. The van der Waals surface area contributed by atoms with Crippen molar-refractivity contribution >= 4 is 44.9 Å². The zero-order valence-corrected chi connectivity index (χ0v) is 11.8. The molecule has 3 N–H and O–H groups in total. The Balaban J connectivity index is 2.31. The summed E-state index contributed by atoms with van der Waals surface area (Å²) >= 11 is 9.37. The van der Waals surface area contributed by atoms with Crippen LogP contribution in [0.4, 0.5) is 17.3 Å². The molecule has 94 valence electrons. The van der Waals surface area contributed by atoms with Gasteiger partial charge in [0.05, 0.1) is 11.6 Å². The van der Waals surface area contributed by atoms with E-state index in [4.69, 9.17) is 22.1 Å². The zero-order valence-electron chi connectivity index (χ0n) is 9.45. The van der Waals surface area contributed by atoms with Crippen molar-refractivity contribution in [1.82, 2.24) is 9.97 Å². The molecule has 7 heteroatoms. The van der Waals surface area contributed by atoms with Crippen LogP contribution in [-0.4, -0.2) is 17.1 Å². The van der Waals surface area contributed by atoms with Crippen LogP contribution in [0.2, 0.25) is 5.02 Å². The van der Waals surface area contributed by atoms with Gasteiger partial charge in [-0.3, -0.25) is 0 Å². The van der Waals surface area contributed by atoms with E-state index in [1.54, 1.807) is 7.11 Å². The lowest BCUT2D eigenvalue weighted by molar-refractivity contribution is 0.412. The second kappa shape index (κ2) is 5.41. The van der Waals surface area contributed by atoms with Gasteiger partial charge in [0.2, 0.25) is 0 Å². The number of rotatable bonds is 3. The van der Waals surface area contributed by atoms with Gasteiger partial charge in [-0.1, -0.05) is 11.6 Å². The first-order chi connectivity index (χ1) is 8.61. The monoisotopic (exact) mass is 328 g/mol. The van der Waals surface area contributed by atoms with Crippen molar-refractivity contribution in [2.24, 2.45) is 0 Å². The standard InChI is InChI=1S/C11H10BrClN4O/c1-18-8-4-6(2-3-7(8)12)17-11-9(13)10(14)15-5-16-11/h2-5H,1H3,(H3,14,15,16,17). The number of nitrogen functional groups attached to an aromatic ring is 1. The topological polar surface area (TPSA) is 73.1 Å². The number of nitrogens with zero attached hydrogens (tertiary/aromatic N) is 2. The Morgan fingerprint density at radius 1 is 1.39 bits per heavy atom. The molecule has 0 radical (unpaired) electrons. The zero-order chi connectivity index (χ0) is 13.1. The third-order valence-electron chi connectivity index (χ3n) is 2.23. The van der Waals surface area contributed by atoms with Crippen molar-refractivity contribution in [1.29, 1.82) is 0 Å². The summed E-state index contributed by atoms with van der Waals surface area (Å²) in [5.41, 5.74) is 6.39. The summed E-state index contributed by atoms with van der Waals surface area (Å²) in [6.07, 6.45) is 1.35. The first kappa shape index (κ1) is 12.9. The molecule has 0 unspecified atom stereocenters. The summed E-state index contributed by atoms with van der Waals surface area (Å²) in [5, 5.41) is 3.34. The predicted octanol–water partition coefficient (Wildman–Crippen LogP) is 3.23. The number of nitrogens with two attached hydrogens (primary N) is 1. The molecule has 0 amide bonds. The number of hydrogen-bond donors (Lipinski definition) is 2. The van der Waals surface area contributed by atoms with Gasteiger partial charge in [-0.15, -0.1) is 0 Å². The fourth-order valence-electron chi connectivity index (χ4n) is 1.34. The molecule has 2 aromatic rings. The molecule has 0 bridgehead atoms. The Labute approximate surface area is 117 Å². The van der Waals surface area contributed by atoms with Crippen LogP contribution in [0.25, 0.3) is 0 Å². The van der Waals surface area contributed by atoms with Crippen LogP contribution in [0.15, 0.2) is 29.0 Å². The molecular formula is C11H10BrClN4O. The van der Waals surface area contributed by atoms with E-state index in [0.29, 0.717) is 16.6 Å². The smallest absolute Gasteiger partial charge is 0.154 e. The summed E-state index contributed by atoms with van der Waals surface area (Å²) < 4.78 is 6.06. The van der Waals surface area contributed by atoms with E-state index < -0.39 is 0 Å². The lowest BCUT2D eigenvalue weighted by Gasteiger charge is -2.10. The van der Waals surface area contributed by atoms with Crippen LogP contribution in [-0.2, 0) is 0 Å². The van der Waals surface area contributed by atoms with Gasteiger partial charge in [0, 0.05) is 11.8 Å². The van der Waals surface area contributed by atoms with Gasteiger partial charge in [0.15, 0.2) is 5.82 Å². The summed E-state index contributed by atoms with van der Waals surface area (Å²) in [6.45, 7) is 0. The van der Waals surface area contributed by atoms with E-state index in [0.717, 1.165) is 10.2 Å². The minimum atomic E-state index is 0.234. The molecule has 1 aromatic heterocycles. The van der Waals surface area contributed by atoms with E-state index in [-0.39, 0.29) is 5.82 Å². The number of aromatic nitrogens is 2. The first-order valence-electron chi connectivity index (χ1n) is 4.98. The van der Waals surface area contributed by atoms with Crippen molar-refractivity contribution in [2.45, 2.75) is 0 Å². The fourth-order valence-corrected chi connectivity index (χ4v) is 1.90. The average molecular weight is 330 g/mol. The molecule has 18 heavy (non-hydrogen) atoms. The number of benzene rings is 1. The third-order valence-corrected chi connectivity index (χ3v) is 3.26. The maximum absolute atomic E-state index is 6.00. The molecule has 1 heterocycles. The van der Waals surface area contributed by atoms with Crippen LogP contribution in [0.5, 0.6) is 5.75 Å². The molecule has 0 spiro atoms.